The molecule has 0 spiro atoms. The Morgan fingerprint density at radius 2 is 1.40 bits per heavy atom. The molecule has 0 aliphatic carbocycles. The number of rotatable bonds is 12. The number of carbonyl (C=O) groups is 3. The lowest BCUT2D eigenvalue weighted by Gasteiger charge is -2.24. The van der Waals surface area contributed by atoms with Gasteiger partial charge in [0.05, 0.1) is 19.1 Å². The van der Waals surface area contributed by atoms with E-state index < -0.39 is 12.0 Å². The first kappa shape index (κ1) is 29.3. The highest BCUT2D eigenvalue weighted by atomic mass is 16.4. The second kappa shape index (κ2) is 13.6. The number of nitrogens with one attached hydrogen (secondary N) is 2. The van der Waals surface area contributed by atoms with Gasteiger partial charge in [-0.3, -0.25) is 14.4 Å². The molecule has 4 aromatic carbocycles. The van der Waals surface area contributed by atoms with E-state index in [0.717, 1.165) is 22.0 Å². The van der Waals surface area contributed by atoms with Crippen molar-refractivity contribution < 1.29 is 24.6 Å². The van der Waals surface area contributed by atoms with Gasteiger partial charge in [0.25, 0.3) is 11.8 Å². The van der Waals surface area contributed by atoms with E-state index in [1.807, 2.05) is 60.8 Å². The number of para-hydroxylation sites is 1. The third kappa shape index (κ3) is 6.82. The summed E-state index contributed by atoms with van der Waals surface area (Å²) in [5.41, 5.74) is 4.65. The number of aromatic amines is 1. The first-order chi connectivity index (χ1) is 21.0. The van der Waals surface area contributed by atoms with Crippen molar-refractivity contribution in [3.8, 4) is 11.1 Å². The van der Waals surface area contributed by atoms with E-state index in [4.69, 9.17) is 0 Å². The third-order valence-corrected chi connectivity index (χ3v) is 7.52. The van der Waals surface area contributed by atoms with E-state index in [0.29, 0.717) is 35.2 Å². The molecule has 0 radical (unpaired) electrons. The number of hydrogen-bond donors (Lipinski definition) is 4. The molecule has 4 N–H and O–H groups in total. The molecule has 0 unspecified atom stereocenters. The predicted molar refractivity (Wildman–Crippen MR) is 166 cm³/mol. The SMILES string of the molecule is O=C(O)CCN(CCc1c[nH]c2ccccc12)C(=O)c1ccccc1-c1ccccc1C(=O)N[C@H](CO)c1ccccc1. The minimum absolute atomic E-state index is 0.0439. The number of aromatic nitrogens is 1. The van der Waals surface area contributed by atoms with E-state index in [9.17, 15) is 24.6 Å². The number of carboxylic acids is 1. The van der Waals surface area contributed by atoms with E-state index in [-0.39, 0.29) is 31.4 Å². The molecule has 2 amide bonds. The van der Waals surface area contributed by atoms with E-state index in [1.54, 1.807) is 53.4 Å². The summed E-state index contributed by atoms with van der Waals surface area (Å²) in [4.78, 5) is 43.9. The number of carboxylic acid groups (broad SMARTS) is 1. The van der Waals surface area contributed by atoms with Gasteiger partial charge in [0, 0.05) is 41.3 Å². The number of hydrogen-bond acceptors (Lipinski definition) is 4. The van der Waals surface area contributed by atoms with Gasteiger partial charge in [0.2, 0.25) is 0 Å². The zero-order valence-corrected chi connectivity index (χ0v) is 23.6. The smallest absolute Gasteiger partial charge is 0.305 e. The summed E-state index contributed by atoms with van der Waals surface area (Å²) in [6.45, 7) is 0.0872. The molecule has 5 rings (SSSR count). The van der Waals surface area contributed by atoms with Gasteiger partial charge >= 0.3 is 5.97 Å². The second-order valence-electron chi connectivity index (χ2n) is 10.3. The van der Waals surface area contributed by atoms with Crippen LogP contribution < -0.4 is 5.32 Å². The molecule has 218 valence electrons. The van der Waals surface area contributed by atoms with Gasteiger partial charge in [-0.1, -0.05) is 84.9 Å². The van der Waals surface area contributed by atoms with Gasteiger partial charge in [-0.05, 0) is 46.9 Å². The lowest BCUT2D eigenvalue weighted by molar-refractivity contribution is -0.137. The summed E-state index contributed by atoms with van der Waals surface area (Å²) < 4.78 is 0. The molecule has 0 saturated heterocycles. The number of fused-ring (bicyclic) bond motifs is 1. The minimum Gasteiger partial charge on any atom is -0.481 e. The van der Waals surface area contributed by atoms with Crippen LogP contribution in [0, 0.1) is 0 Å². The highest BCUT2D eigenvalue weighted by molar-refractivity contribution is 6.06. The number of aliphatic hydroxyl groups is 1. The average Bonchev–Trinajstić information content (AvgIpc) is 3.46. The molecule has 0 fully saturated rings. The number of amides is 2. The zero-order chi connectivity index (χ0) is 30.2. The molecule has 0 saturated carbocycles. The van der Waals surface area contributed by atoms with Crippen molar-refractivity contribution in [2.24, 2.45) is 0 Å². The fourth-order valence-corrected chi connectivity index (χ4v) is 5.29. The first-order valence-corrected chi connectivity index (χ1v) is 14.2. The lowest BCUT2D eigenvalue weighted by atomic mass is 9.94. The van der Waals surface area contributed by atoms with Crippen molar-refractivity contribution in [3.63, 3.8) is 0 Å². The van der Waals surface area contributed by atoms with Crippen LogP contribution in [0.4, 0.5) is 0 Å². The molecule has 0 aliphatic rings. The highest BCUT2D eigenvalue weighted by Gasteiger charge is 2.24. The summed E-state index contributed by atoms with van der Waals surface area (Å²) in [6.07, 6.45) is 2.27. The van der Waals surface area contributed by atoms with E-state index in [2.05, 4.69) is 10.3 Å². The van der Waals surface area contributed by atoms with Crippen LogP contribution in [0.1, 0.15) is 44.3 Å². The Bertz CT molecular complexity index is 1730. The van der Waals surface area contributed by atoms with Crippen molar-refractivity contribution in [2.75, 3.05) is 19.7 Å². The Morgan fingerprint density at radius 3 is 2.12 bits per heavy atom. The van der Waals surface area contributed by atoms with E-state index in [1.165, 1.54) is 0 Å². The topological polar surface area (TPSA) is 123 Å². The highest BCUT2D eigenvalue weighted by Crippen LogP contribution is 2.29. The number of H-pyrrole nitrogens is 1. The van der Waals surface area contributed by atoms with Crippen LogP contribution in [0.2, 0.25) is 0 Å². The van der Waals surface area contributed by atoms with Crippen molar-refractivity contribution in [1.29, 1.82) is 0 Å². The summed E-state index contributed by atoms with van der Waals surface area (Å²) in [5.74, 6) is -1.69. The molecule has 1 atom stereocenters. The largest absolute Gasteiger partial charge is 0.481 e. The van der Waals surface area contributed by atoms with Crippen LogP contribution in [0.15, 0.2) is 109 Å². The molecule has 0 aliphatic heterocycles. The van der Waals surface area contributed by atoms with Crippen LogP contribution in [0.3, 0.4) is 0 Å². The quantitative estimate of drug-likeness (QED) is 0.157. The third-order valence-electron chi connectivity index (χ3n) is 7.52. The van der Waals surface area contributed by atoms with Crippen LogP contribution in [-0.2, 0) is 11.2 Å². The molecular formula is C35H33N3O5. The van der Waals surface area contributed by atoms with Gasteiger partial charge < -0.3 is 25.4 Å². The van der Waals surface area contributed by atoms with Gasteiger partial charge in [-0.25, -0.2) is 0 Å². The summed E-state index contributed by atoms with van der Waals surface area (Å²) in [7, 11) is 0. The number of nitrogens with zero attached hydrogens (tertiary/aromatic N) is 1. The normalized spacial score (nSPS) is 11.7. The van der Waals surface area contributed by atoms with Crippen molar-refractivity contribution in [2.45, 2.75) is 18.9 Å². The molecule has 8 nitrogen and oxygen atoms in total. The molecule has 1 heterocycles. The fourth-order valence-electron chi connectivity index (χ4n) is 5.29. The summed E-state index contributed by atoms with van der Waals surface area (Å²) in [5, 5.41) is 23.4. The van der Waals surface area contributed by atoms with Crippen LogP contribution in [0.25, 0.3) is 22.0 Å². The van der Waals surface area contributed by atoms with Crippen LogP contribution in [-0.4, -0.2) is 57.6 Å². The van der Waals surface area contributed by atoms with E-state index >= 15 is 0 Å². The standard InChI is InChI=1S/C35H33N3O5/c39-23-32(24-10-2-1-3-11-24)37-34(42)29-15-6-4-13-27(29)28-14-5-7-16-30(28)35(43)38(21-19-33(40)41)20-18-25-22-36-31-17-9-8-12-26(25)31/h1-17,22,32,36,39H,18-21,23H2,(H,37,42)(H,40,41)/t32-/m1/s1. The number of benzene rings is 4. The Balaban J connectivity index is 1.44. The van der Waals surface area contributed by atoms with Gasteiger partial charge in [-0.2, -0.15) is 0 Å². The van der Waals surface area contributed by atoms with Crippen molar-refractivity contribution in [3.05, 3.63) is 132 Å². The maximum absolute atomic E-state index is 14.1. The maximum atomic E-state index is 14.1. The lowest BCUT2D eigenvalue weighted by Crippen LogP contribution is -2.35. The average molecular weight is 576 g/mol. The molecule has 5 aromatic rings. The Hall–Kier alpha value is -5.21. The van der Waals surface area contributed by atoms with Gasteiger partial charge in [0.1, 0.15) is 0 Å². The van der Waals surface area contributed by atoms with Crippen LogP contribution >= 0.6 is 0 Å². The van der Waals surface area contributed by atoms with Gasteiger partial charge in [-0.15, -0.1) is 0 Å². The van der Waals surface area contributed by atoms with Crippen molar-refractivity contribution >= 4 is 28.7 Å². The summed E-state index contributed by atoms with van der Waals surface area (Å²) in [6, 6.07) is 30.6. The Labute approximate surface area is 249 Å². The van der Waals surface area contributed by atoms with Crippen LogP contribution in [0.5, 0.6) is 0 Å². The molecular weight excluding hydrogens is 542 g/mol. The monoisotopic (exact) mass is 575 g/mol. The zero-order valence-electron chi connectivity index (χ0n) is 23.6. The summed E-state index contributed by atoms with van der Waals surface area (Å²) >= 11 is 0. The molecule has 0 bridgehead atoms. The molecule has 1 aromatic heterocycles. The fraction of sp³-hybridized carbons (Fsp3) is 0.171. The van der Waals surface area contributed by atoms with Crippen molar-refractivity contribution in [1.82, 2.24) is 15.2 Å². The number of aliphatic hydroxyl groups excluding tert-OH is 1. The van der Waals surface area contributed by atoms with Gasteiger partial charge in [0.15, 0.2) is 0 Å². The predicted octanol–water partition coefficient (Wildman–Crippen LogP) is 5.46. The second-order valence-corrected chi connectivity index (χ2v) is 10.3. The Morgan fingerprint density at radius 1 is 0.767 bits per heavy atom. The minimum atomic E-state index is -0.989. The molecule has 43 heavy (non-hydrogen) atoms. The number of carbonyl (C=O) groups excluding carboxylic acids is 2. The first-order valence-electron chi connectivity index (χ1n) is 14.2. The maximum Gasteiger partial charge on any atom is 0.305 e. The number of aliphatic carboxylic acids is 1. The molecule has 8 heteroatoms. The Kier molecular flexibility index (Phi) is 9.29.